The molecule has 1 spiro atoms. The summed E-state index contributed by atoms with van der Waals surface area (Å²) in [6, 6.07) is 11.0. The lowest BCUT2D eigenvalue weighted by molar-refractivity contribution is -0.134. The highest BCUT2D eigenvalue weighted by Gasteiger charge is 2.68. The maximum absolute atomic E-state index is 11.9. The molecule has 130 valence electrons. The van der Waals surface area contributed by atoms with Crippen molar-refractivity contribution in [1.82, 2.24) is 5.32 Å². The average Bonchev–Trinajstić information content (AvgIpc) is 3.02. The summed E-state index contributed by atoms with van der Waals surface area (Å²) in [4.78, 5) is 11.9. The number of carbonyl (C=O) groups is 1. The van der Waals surface area contributed by atoms with Gasteiger partial charge in [0.1, 0.15) is 0 Å². The van der Waals surface area contributed by atoms with E-state index in [9.17, 15) is 4.79 Å². The maximum Gasteiger partial charge on any atom is 0.217 e. The van der Waals surface area contributed by atoms with Crippen LogP contribution in [0.1, 0.15) is 45.6 Å². The molecule has 2 aliphatic carbocycles. The molecule has 1 saturated heterocycles. The van der Waals surface area contributed by atoms with Gasteiger partial charge in [0.05, 0.1) is 6.10 Å². The second-order valence-electron chi connectivity index (χ2n) is 8.78. The third-order valence-electron chi connectivity index (χ3n) is 7.25. The Kier molecular flexibility index (Phi) is 3.76. The minimum Gasteiger partial charge on any atom is -0.378 e. The van der Waals surface area contributed by atoms with Crippen molar-refractivity contribution in [2.24, 2.45) is 22.7 Å². The van der Waals surface area contributed by atoms with Gasteiger partial charge in [-0.1, -0.05) is 44.2 Å². The van der Waals surface area contributed by atoms with E-state index in [2.05, 4.69) is 49.5 Å². The van der Waals surface area contributed by atoms with E-state index >= 15 is 0 Å². The molecule has 0 aromatic heterocycles. The Labute approximate surface area is 145 Å². The normalized spacial score (nSPS) is 39.5. The Morgan fingerprint density at radius 1 is 1.29 bits per heavy atom. The van der Waals surface area contributed by atoms with Gasteiger partial charge in [-0.25, -0.2) is 0 Å². The number of hydrogen-bond donors (Lipinski definition) is 1. The molecule has 3 fully saturated rings. The fourth-order valence-corrected chi connectivity index (χ4v) is 6.16. The van der Waals surface area contributed by atoms with Gasteiger partial charge in [-0.3, -0.25) is 4.79 Å². The first kappa shape index (κ1) is 16.1. The Morgan fingerprint density at radius 2 is 2.04 bits per heavy atom. The van der Waals surface area contributed by atoms with E-state index in [1.54, 1.807) is 6.92 Å². The van der Waals surface area contributed by atoms with Crippen LogP contribution in [0.3, 0.4) is 0 Å². The summed E-state index contributed by atoms with van der Waals surface area (Å²) in [7, 11) is 0. The van der Waals surface area contributed by atoms with Crippen LogP contribution in [0.2, 0.25) is 0 Å². The van der Waals surface area contributed by atoms with Gasteiger partial charge >= 0.3 is 0 Å². The standard InChI is InChI=1S/C21H29NO2/c1-14(23)22-19-20(2,3)16-12-17-18(11-15-7-5-4-6-8-15)24-10-9-21(17,19)13-16/h4-8,16-19H,9-13H2,1-3H3,(H,22,23)/t16-,17-,18-,19+,21-/m1/s1. The van der Waals surface area contributed by atoms with E-state index in [0.717, 1.165) is 19.4 Å². The molecule has 1 heterocycles. The Morgan fingerprint density at radius 3 is 2.75 bits per heavy atom. The summed E-state index contributed by atoms with van der Waals surface area (Å²) in [6.45, 7) is 7.19. The summed E-state index contributed by atoms with van der Waals surface area (Å²) in [5.41, 5.74) is 1.78. The summed E-state index contributed by atoms with van der Waals surface area (Å²) in [5, 5.41) is 3.34. The first-order valence-electron chi connectivity index (χ1n) is 9.36. The molecule has 0 radical (unpaired) electrons. The highest BCUT2D eigenvalue weighted by molar-refractivity contribution is 5.73. The van der Waals surface area contributed by atoms with Gasteiger partial charge < -0.3 is 10.1 Å². The zero-order chi connectivity index (χ0) is 16.9. The van der Waals surface area contributed by atoms with Crippen molar-refractivity contribution in [2.75, 3.05) is 6.61 Å². The van der Waals surface area contributed by atoms with Gasteiger partial charge in [0.2, 0.25) is 5.91 Å². The molecule has 3 aliphatic rings. The highest BCUT2D eigenvalue weighted by Crippen LogP contribution is 2.68. The van der Waals surface area contributed by atoms with E-state index in [-0.39, 0.29) is 22.8 Å². The number of benzene rings is 1. The van der Waals surface area contributed by atoms with Crippen LogP contribution < -0.4 is 5.32 Å². The number of carbonyl (C=O) groups excluding carboxylic acids is 1. The first-order valence-corrected chi connectivity index (χ1v) is 9.36. The van der Waals surface area contributed by atoms with Crippen molar-refractivity contribution in [1.29, 1.82) is 0 Å². The van der Waals surface area contributed by atoms with Crippen molar-refractivity contribution in [3.05, 3.63) is 35.9 Å². The number of rotatable bonds is 3. The molecule has 4 rings (SSSR count). The third-order valence-corrected chi connectivity index (χ3v) is 7.25. The second kappa shape index (κ2) is 5.59. The van der Waals surface area contributed by atoms with Crippen molar-refractivity contribution in [3.8, 4) is 0 Å². The third kappa shape index (κ3) is 2.32. The van der Waals surface area contributed by atoms with Crippen molar-refractivity contribution < 1.29 is 9.53 Å². The predicted molar refractivity (Wildman–Crippen MR) is 94.5 cm³/mol. The molecule has 24 heavy (non-hydrogen) atoms. The van der Waals surface area contributed by atoms with Crippen LogP contribution in [0, 0.1) is 22.7 Å². The number of ether oxygens (including phenoxy) is 1. The van der Waals surface area contributed by atoms with Crippen LogP contribution in [-0.4, -0.2) is 24.7 Å². The summed E-state index contributed by atoms with van der Waals surface area (Å²) in [6.07, 6.45) is 4.88. The van der Waals surface area contributed by atoms with E-state index in [4.69, 9.17) is 4.74 Å². The van der Waals surface area contributed by atoms with Gasteiger partial charge in [0.15, 0.2) is 0 Å². The first-order chi connectivity index (χ1) is 11.4. The summed E-state index contributed by atoms with van der Waals surface area (Å²) >= 11 is 0. The quantitative estimate of drug-likeness (QED) is 0.921. The molecule has 2 saturated carbocycles. The van der Waals surface area contributed by atoms with Gasteiger partial charge in [0.25, 0.3) is 0 Å². The zero-order valence-corrected chi connectivity index (χ0v) is 15.0. The zero-order valence-electron chi connectivity index (χ0n) is 15.0. The Hall–Kier alpha value is -1.35. The number of nitrogens with one attached hydrogen (secondary N) is 1. The molecule has 5 atom stereocenters. The molecular formula is C21H29NO2. The van der Waals surface area contributed by atoms with E-state index in [1.165, 1.54) is 18.4 Å². The number of hydrogen-bond acceptors (Lipinski definition) is 2. The van der Waals surface area contributed by atoms with Gasteiger partial charge in [0, 0.05) is 19.6 Å². The molecular weight excluding hydrogens is 298 g/mol. The van der Waals surface area contributed by atoms with Crippen LogP contribution in [0.15, 0.2) is 30.3 Å². The lowest BCUT2D eigenvalue weighted by atomic mass is 9.59. The van der Waals surface area contributed by atoms with E-state index < -0.39 is 0 Å². The number of amides is 1. The summed E-state index contributed by atoms with van der Waals surface area (Å²) < 4.78 is 6.25. The SMILES string of the molecule is CC(=O)N[C@H]1C(C)(C)[C@@H]2C[C@@H]3[C@@H](Cc4ccccc4)OCC[C@@]31C2. The second-order valence-corrected chi connectivity index (χ2v) is 8.78. The van der Waals surface area contributed by atoms with Crippen LogP contribution in [0.4, 0.5) is 0 Å². The van der Waals surface area contributed by atoms with Gasteiger partial charge in [-0.2, -0.15) is 0 Å². The molecule has 1 aliphatic heterocycles. The number of fused-ring (bicyclic) bond motifs is 1. The average molecular weight is 327 g/mol. The van der Waals surface area contributed by atoms with Crippen molar-refractivity contribution >= 4 is 5.91 Å². The van der Waals surface area contributed by atoms with Crippen LogP contribution in [-0.2, 0) is 16.0 Å². The fraction of sp³-hybridized carbons (Fsp3) is 0.667. The minimum atomic E-state index is 0.111. The molecule has 0 unspecified atom stereocenters. The molecule has 3 nitrogen and oxygen atoms in total. The Balaban J connectivity index is 1.62. The van der Waals surface area contributed by atoms with Crippen molar-refractivity contribution in [3.63, 3.8) is 0 Å². The topological polar surface area (TPSA) is 38.3 Å². The predicted octanol–water partition coefficient (Wildman–Crippen LogP) is 3.58. The maximum atomic E-state index is 11.9. The molecule has 1 amide bonds. The van der Waals surface area contributed by atoms with Crippen LogP contribution in [0.25, 0.3) is 0 Å². The smallest absolute Gasteiger partial charge is 0.217 e. The molecule has 3 heteroatoms. The lowest BCUT2D eigenvalue weighted by Gasteiger charge is -2.53. The van der Waals surface area contributed by atoms with E-state index in [1.807, 2.05) is 0 Å². The molecule has 2 bridgehead atoms. The van der Waals surface area contributed by atoms with Gasteiger partial charge in [-0.05, 0) is 53.9 Å². The summed E-state index contributed by atoms with van der Waals surface area (Å²) in [5.74, 6) is 1.38. The Bertz CT molecular complexity index is 626. The molecule has 1 aromatic rings. The minimum absolute atomic E-state index is 0.111. The van der Waals surface area contributed by atoms with Gasteiger partial charge in [-0.15, -0.1) is 0 Å². The largest absolute Gasteiger partial charge is 0.378 e. The monoisotopic (exact) mass is 327 g/mol. The molecule has 1 N–H and O–H groups in total. The van der Waals surface area contributed by atoms with Crippen molar-refractivity contribution in [2.45, 2.75) is 58.6 Å². The lowest BCUT2D eigenvalue weighted by Crippen LogP contribution is -2.60. The van der Waals surface area contributed by atoms with Crippen LogP contribution in [0.5, 0.6) is 0 Å². The van der Waals surface area contributed by atoms with Crippen LogP contribution >= 0.6 is 0 Å². The highest BCUT2D eigenvalue weighted by atomic mass is 16.5. The molecule has 1 aromatic carbocycles. The van der Waals surface area contributed by atoms with E-state index in [0.29, 0.717) is 17.9 Å². The fourth-order valence-electron chi connectivity index (χ4n) is 6.16.